The van der Waals surface area contributed by atoms with Crippen molar-refractivity contribution in [2.75, 3.05) is 12.4 Å². The third kappa shape index (κ3) is 8.36. The Hall–Kier alpha value is -2.88. The van der Waals surface area contributed by atoms with E-state index in [0.29, 0.717) is 17.7 Å². The van der Waals surface area contributed by atoms with Crippen molar-refractivity contribution < 1.29 is 19.1 Å². The second-order valence-corrected chi connectivity index (χ2v) is 7.02. The number of nitrogens with zero attached hydrogens (tertiary/aromatic N) is 1. The second-order valence-electron chi connectivity index (χ2n) is 7.02. The average molecular weight is 373 g/mol. The van der Waals surface area contributed by atoms with Gasteiger partial charge in [0, 0.05) is 18.5 Å². The molecular weight excluding hydrogens is 346 g/mol. The molecule has 0 saturated carbocycles. The molecule has 7 heteroatoms. The average Bonchev–Trinajstić information content (AvgIpc) is 2.60. The van der Waals surface area contributed by atoms with Crippen molar-refractivity contribution in [2.24, 2.45) is 11.8 Å². The van der Waals surface area contributed by atoms with Crippen LogP contribution in [0.5, 0.6) is 0 Å². The Kier molecular flexibility index (Phi) is 9.00. The van der Waals surface area contributed by atoms with Crippen molar-refractivity contribution in [3.8, 4) is 6.07 Å². The summed E-state index contributed by atoms with van der Waals surface area (Å²) >= 11 is 0. The summed E-state index contributed by atoms with van der Waals surface area (Å²) in [7, 11) is 1.29. The Balaban J connectivity index is 2.50. The van der Waals surface area contributed by atoms with Gasteiger partial charge < -0.3 is 15.4 Å². The van der Waals surface area contributed by atoms with Gasteiger partial charge in [-0.1, -0.05) is 20.8 Å². The molecule has 0 aliphatic rings. The number of esters is 1. The van der Waals surface area contributed by atoms with Gasteiger partial charge in [-0.2, -0.15) is 5.26 Å². The number of anilines is 1. The lowest BCUT2D eigenvalue weighted by molar-refractivity contribution is -0.145. The van der Waals surface area contributed by atoms with E-state index >= 15 is 0 Å². The second kappa shape index (κ2) is 11.0. The van der Waals surface area contributed by atoms with Crippen molar-refractivity contribution in [1.82, 2.24) is 5.32 Å². The largest absolute Gasteiger partial charge is 0.467 e. The van der Waals surface area contributed by atoms with Gasteiger partial charge in [-0.05, 0) is 42.5 Å². The SMILES string of the molecule is COC(=O)[C@@H](CC(C)C)NC(=O)C[C@@H](C)CC(=O)Nc1ccc(C#N)cc1. The third-order valence-corrected chi connectivity index (χ3v) is 3.89. The number of nitrogens with one attached hydrogen (secondary N) is 2. The summed E-state index contributed by atoms with van der Waals surface area (Å²) in [4.78, 5) is 36.1. The first-order valence-corrected chi connectivity index (χ1v) is 8.92. The molecule has 2 amide bonds. The lowest BCUT2D eigenvalue weighted by Gasteiger charge is -2.19. The number of methoxy groups -OCH3 is 1. The molecule has 0 fully saturated rings. The van der Waals surface area contributed by atoms with E-state index in [2.05, 4.69) is 10.6 Å². The first-order chi connectivity index (χ1) is 12.7. The van der Waals surface area contributed by atoms with Crippen LogP contribution in [0, 0.1) is 23.2 Å². The monoisotopic (exact) mass is 373 g/mol. The molecule has 0 spiro atoms. The van der Waals surface area contributed by atoms with Crippen molar-refractivity contribution in [3.63, 3.8) is 0 Å². The molecule has 0 radical (unpaired) electrons. The summed E-state index contributed by atoms with van der Waals surface area (Å²) in [5.74, 6) is -0.939. The maximum absolute atomic E-state index is 12.2. The Morgan fingerprint density at radius 1 is 1.07 bits per heavy atom. The fourth-order valence-electron chi connectivity index (χ4n) is 2.63. The molecule has 1 rings (SSSR count). The highest BCUT2D eigenvalue weighted by Crippen LogP contribution is 2.13. The zero-order valence-corrected chi connectivity index (χ0v) is 16.2. The molecule has 1 aromatic rings. The van der Waals surface area contributed by atoms with Gasteiger partial charge in [-0.3, -0.25) is 9.59 Å². The number of benzene rings is 1. The standard InChI is InChI=1S/C20H27N3O4/c1-13(2)9-17(20(26)27-4)23-19(25)11-14(3)10-18(24)22-16-7-5-15(12-21)6-8-16/h5-8,13-14,17H,9-11H2,1-4H3,(H,22,24)(H,23,25)/t14-,17+/m0/s1. The van der Waals surface area contributed by atoms with Crippen LogP contribution in [0.2, 0.25) is 0 Å². The van der Waals surface area contributed by atoms with Crippen molar-refractivity contribution in [2.45, 2.75) is 46.1 Å². The molecule has 0 aliphatic carbocycles. The van der Waals surface area contributed by atoms with E-state index in [1.807, 2.05) is 19.9 Å². The molecule has 146 valence electrons. The van der Waals surface area contributed by atoms with Crippen LogP contribution in [0.15, 0.2) is 24.3 Å². The van der Waals surface area contributed by atoms with Gasteiger partial charge >= 0.3 is 5.97 Å². The zero-order valence-electron chi connectivity index (χ0n) is 16.2. The van der Waals surface area contributed by atoms with Crippen LogP contribution >= 0.6 is 0 Å². The number of rotatable bonds is 9. The van der Waals surface area contributed by atoms with Crippen LogP contribution in [-0.2, 0) is 19.1 Å². The van der Waals surface area contributed by atoms with Crippen LogP contribution in [0.1, 0.15) is 45.6 Å². The number of ether oxygens (including phenoxy) is 1. The Morgan fingerprint density at radius 2 is 1.67 bits per heavy atom. The molecule has 7 nitrogen and oxygen atoms in total. The van der Waals surface area contributed by atoms with Crippen molar-refractivity contribution in [1.29, 1.82) is 5.26 Å². The summed E-state index contributed by atoms with van der Waals surface area (Å²) in [6, 6.07) is 7.88. The molecular formula is C20H27N3O4. The van der Waals surface area contributed by atoms with E-state index < -0.39 is 12.0 Å². The van der Waals surface area contributed by atoms with Gasteiger partial charge in [0.15, 0.2) is 0 Å². The molecule has 0 heterocycles. The summed E-state index contributed by atoms with van der Waals surface area (Å²) in [5.41, 5.74) is 1.11. The number of carbonyl (C=O) groups is 3. The minimum Gasteiger partial charge on any atom is -0.467 e. The van der Waals surface area contributed by atoms with E-state index in [1.165, 1.54) is 7.11 Å². The maximum atomic E-state index is 12.2. The van der Waals surface area contributed by atoms with E-state index in [4.69, 9.17) is 10.00 Å². The minimum absolute atomic E-state index is 0.131. The molecule has 0 aliphatic heterocycles. The third-order valence-electron chi connectivity index (χ3n) is 3.89. The van der Waals surface area contributed by atoms with Gasteiger partial charge in [0.1, 0.15) is 6.04 Å². The van der Waals surface area contributed by atoms with E-state index in [-0.39, 0.29) is 36.5 Å². The molecule has 0 saturated heterocycles. The lowest BCUT2D eigenvalue weighted by atomic mass is 10.0. The molecule has 27 heavy (non-hydrogen) atoms. The van der Waals surface area contributed by atoms with Crippen LogP contribution < -0.4 is 10.6 Å². The van der Waals surface area contributed by atoms with Crippen molar-refractivity contribution in [3.05, 3.63) is 29.8 Å². The fourth-order valence-corrected chi connectivity index (χ4v) is 2.63. The summed E-state index contributed by atoms with van der Waals surface area (Å²) < 4.78 is 4.73. The number of carbonyl (C=O) groups excluding carboxylic acids is 3. The van der Waals surface area contributed by atoms with Gasteiger partial charge in [0.2, 0.25) is 11.8 Å². The number of hydrogen-bond donors (Lipinski definition) is 2. The number of nitriles is 1. The predicted octanol–water partition coefficient (Wildman–Crippen LogP) is 2.62. The first-order valence-electron chi connectivity index (χ1n) is 8.92. The predicted molar refractivity (Wildman–Crippen MR) is 102 cm³/mol. The highest BCUT2D eigenvalue weighted by atomic mass is 16.5. The normalized spacial score (nSPS) is 12.6. The quantitative estimate of drug-likeness (QED) is 0.647. The highest BCUT2D eigenvalue weighted by molar-refractivity contribution is 5.91. The van der Waals surface area contributed by atoms with E-state index in [1.54, 1.807) is 31.2 Å². The van der Waals surface area contributed by atoms with Crippen molar-refractivity contribution >= 4 is 23.5 Å². The number of amides is 2. The Bertz CT molecular complexity index is 692. The first kappa shape index (κ1) is 22.2. The molecule has 2 N–H and O–H groups in total. The molecule has 0 unspecified atom stereocenters. The molecule has 1 aromatic carbocycles. The Morgan fingerprint density at radius 3 is 2.19 bits per heavy atom. The van der Waals surface area contributed by atoms with E-state index in [9.17, 15) is 14.4 Å². The highest BCUT2D eigenvalue weighted by Gasteiger charge is 2.23. The molecule has 0 bridgehead atoms. The smallest absolute Gasteiger partial charge is 0.328 e. The fraction of sp³-hybridized carbons (Fsp3) is 0.500. The maximum Gasteiger partial charge on any atom is 0.328 e. The summed E-state index contributed by atoms with van der Waals surface area (Å²) in [6.07, 6.45) is 0.791. The van der Waals surface area contributed by atoms with Crippen LogP contribution in [-0.4, -0.2) is 30.9 Å². The molecule has 2 atom stereocenters. The summed E-state index contributed by atoms with van der Waals surface area (Å²) in [6.45, 7) is 5.71. The van der Waals surface area contributed by atoms with Gasteiger partial charge in [0.05, 0.1) is 18.7 Å². The van der Waals surface area contributed by atoms with Crippen LogP contribution in [0.4, 0.5) is 5.69 Å². The number of hydrogen-bond acceptors (Lipinski definition) is 5. The topological polar surface area (TPSA) is 108 Å². The zero-order chi connectivity index (χ0) is 20.4. The lowest BCUT2D eigenvalue weighted by Crippen LogP contribution is -2.42. The van der Waals surface area contributed by atoms with Gasteiger partial charge in [-0.25, -0.2) is 4.79 Å². The summed E-state index contributed by atoms with van der Waals surface area (Å²) in [5, 5.41) is 14.2. The van der Waals surface area contributed by atoms with E-state index in [0.717, 1.165) is 0 Å². The van der Waals surface area contributed by atoms with Crippen LogP contribution in [0.25, 0.3) is 0 Å². The minimum atomic E-state index is -0.679. The molecule has 0 aromatic heterocycles. The van der Waals surface area contributed by atoms with Gasteiger partial charge in [-0.15, -0.1) is 0 Å². The van der Waals surface area contributed by atoms with Crippen LogP contribution in [0.3, 0.4) is 0 Å². The Labute approximate surface area is 160 Å². The van der Waals surface area contributed by atoms with Gasteiger partial charge in [0.25, 0.3) is 0 Å².